The predicted octanol–water partition coefficient (Wildman–Crippen LogP) is 2.95. The van der Waals surface area contributed by atoms with Crippen molar-refractivity contribution in [2.75, 3.05) is 6.61 Å². The van der Waals surface area contributed by atoms with Crippen molar-refractivity contribution < 1.29 is 4.74 Å². The fraction of sp³-hybridized carbons (Fsp3) is 0.500. The highest BCUT2D eigenvalue weighted by molar-refractivity contribution is 6.76. The minimum absolute atomic E-state index is 0.0561. The number of hydrogen-bond acceptors (Lipinski definition) is 2. The number of H-pyrrole nitrogens is 1. The molecule has 0 spiro atoms. The van der Waals surface area contributed by atoms with Gasteiger partial charge in [0.05, 0.1) is 0 Å². The van der Waals surface area contributed by atoms with E-state index >= 15 is 0 Å². The van der Waals surface area contributed by atoms with Crippen molar-refractivity contribution in [1.29, 1.82) is 0 Å². The van der Waals surface area contributed by atoms with Gasteiger partial charge < -0.3 is 14.3 Å². The molecule has 1 N–H and O–H groups in total. The zero-order valence-electron chi connectivity index (χ0n) is 12.1. The quantitative estimate of drug-likeness (QED) is 0.675. The monoisotopic (exact) mass is 278 g/mol. The third-order valence-electron chi connectivity index (χ3n) is 3.25. The maximum absolute atomic E-state index is 11.9. The molecule has 0 aliphatic rings. The fourth-order valence-corrected chi connectivity index (χ4v) is 2.77. The SMILES string of the molecule is Cc1c[nH]c(=O)c2c1ccn2COCC[Si](C)(C)C. The average molecular weight is 278 g/mol. The van der Waals surface area contributed by atoms with E-state index in [9.17, 15) is 4.79 Å². The largest absolute Gasteiger partial charge is 0.361 e. The fourth-order valence-electron chi connectivity index (χ4n) is 2.01. The number of nitrogens with zero attached hydrogens (tertiary/aromatic N) is 1. The Morgan fingerprint density at radius 1 is 1.37 bits per heavy atom. The Kier molecular flexibility index (Phi) is 3.96. The van der Waals surface area contributed by atoms with Crippen LogP contribution in [0.5, 0.6) is 0 Å². The molecule has 2 aromatic rings. The van der Waals surface area contributed by atoms with Crippen LogP contribution in [0.25, 0.3) is 10.9 Å². The zero-order chi connectivity index (χ0) is 14.0. The zero-order valence-corrected chi connectivity index (χ0v) is 13.1. The molecule has 5 heteroatoms. The molecule has 2 rings (SSSR count). The first kappa shape index (κ1) is 14.1. The smallest absolute Gasteiger partial charge is 0.272 e. The van der Waals surface area contributed by atoms with E-state index in [1.54, 1.807) is 6.20 Å². The van der Waals surface area contributed by atoms with E-state index in [1.165, 1.54) is 0 Å². The molecule has 4 nitrogen and oxygen atoms in total. The van der Waals surface area contributed by atoms with Crippen LogP contribution < -0.4 is 5.56 Å². The van der Waals surface area contributed by atoms with Crippen molar-refractivity contribution in [3.63, 3.8) is 0 Å². The van der Waals surface area contributed by atoms with Crippen LogP contribution in [-0.4, -0.2) is 24.2 Å². The summed E-state index contributed by atoms with van der Waals surface area (Å²) in [6.07, 6.45) is 3.67. The van der Waals surface area contributed by atoms with Gasteiger partial charge in [0, 0.05) is 32.5 Å². The van der Waals surface area contributed by atoms with Gasteiger partial charge in [-0.15, -0.1) is 0 Å². The standard InChI is InChI=1S/C14H22N2O2Si/c1-11-9-15-14(17)13-12(11)5-6-16(13)10-18-7-8-19(2,3)4/h5-6,9H,7-8,10H2,1-4H3,(H,15,17). The number of aromatic amines is 1. The van der Waals surface area contributed by atoms with Gasteiger partial charge in [0.25, 0.3) is 5.56 Å². The maximum atomic E-state index is 11.9. The van der Waals surface area contributed by atoms with Crippen LogP contribution in [-0.2, 0) is 11.5 Å². The molecule has 0 aromatic carbocycles. The Morgan fingerprint density at radius 2 is 2.11 bits per heavy atom. The second-order valence-corrected chi connectivity index (χ2v) is 11.8. The second kappa shape index (κ2) is 5.34. The summed E-state index contributed by atoms with van der Waals surface area (Å²) in [4.78, 5) is 14.6. The molecule has 0 unspecified atom stereocenters. The summed E-state index contributed by atoms with van der Waals surface area (Å²) in [5, 5.41) is 0.998. The molecule has 0 saturated heterocycles. The van der Waals surface area contributed by atoms with Gasteiger partial charge in [0.2, 0.25) is 0 Å². The van der Waals surface area contributed by atoms with Gasteiger partial charge in [-0.25, -0.2) is 0 Å². The molecular formula is C14H22N2O2Si. The molecule has 0 amide bonds. The molecule has 0 aliphatic carbocycles. The van der Waals surface area contributed by atoms with Crippen LogP contribution in [0, 0.1) is 6.92 Å². The number of rotatable bonds is 5. The third-order valence-corrected chi connectivity index (χ3v) is 4.95. The molecule has 0 fully saturated rings. The molecule has 0 radical (unpaired) electrons. The molecule has 104 valence electrons. The van der Waals surface area contributed by atoms with Crippen molar-refractivity contribution in [3.05, 3.63) is 34.4 Å². The van der Waals surface area contributed by atoms with Crippen molar-refractivity contribution in [2.24, 2.45) is 0 Å². The first-order chi connectivity index (χ1) is 8.88. The number of nitrogens with one attached hydrogen (secondary N) is 1. The van der Waals surface area contributed by atoms with E-state index < -0.39 is 8.07 Å². The third kappa shape index (κ3) is 3.36. The van der Waals surface area contributed by atoms with E-state index in [0.717, 1.165) is 23.6 Å². The van der Waals surface area contributed by atoms with Gasteiger partial charge in [-0.05, 0) is 24.6 Å². The van der Waals surface area contributed by atoms with Gasteiger partial charge >= 0.3 is 0 Å². The molecule has 0 bridgehead atoms. The van der Waals surface area contributed by atoms with E-state index in [-0.39, 0.29) is 5.56 Å². The van der Waals surface area contributed by atoms with Crippen molar-refractivity contribution in [1.82, 2.24) is 9.55 Å². The van der Waals surface area contributed by atoms with Crippen LogP contribution in [0.15, 0.2) is 23.3 Å². The molecule has 0 saturated carbocycles. The summed E-state index contributed by atoms with van der Waals surface area (Å²) in [5.74, 6) is 0. The number of ether oxygens (including phenoxy) is 1. The summed E-state index contributed by atoms with van der Waals surface area (Å²) in [7, 11) is -1.05. The number of hydrogen-bond donors (Lipinski definition) is 1. The minimum Gasteiger partial charge on any atom is -0.361 e. The maximum Gasteiger partial charge on any atom is 0.272 e. The van der Waals surface area contributed by atoms with Crippen LogP contribution >= 0.6 is 0 Å². The normalized spacial score (nSPS) is 12.2. The average Bonchev–Trinajstić information content (AvgIpc) is 2.73. The van der Waals surface area contributed by atoms with Crippen molar-refractivity contribution in [2.45, 2.75) is 39.3 Å². The number of aromatic nitrogens is 2. The Balaban J connectivity index is 2.10. The Morgan fingerprint density at radius 3 is 2.79 bits per heavy atom. The topological polar surface area (TPSA) is 47.0 Å². The van der Waals surface area contributed by atoms with Gasteiger partial charge in [-0.1, -0.05) is 19.6 Å². The minimum atomic E-state index is -1.05. The lowest BCUT2D eigenvalue weighted by Gasteiger charge is -2.15. The van der Waals surface area contributed by atoms with Crippen LogP contribution in [0.4, 0.5) is 0 Å². The van der Waals surface area contributed by atoms with Gasteiger partial charge in [0.1, 0.15) is 12.2 Å². The number of pyridine rings is 1. The first-order valence-corrected chi connectivity index (χ1v) is 10.3. The second-order valence-electron chi connectivity index (χ2n) is 6.20. The highest BCUT2D eigenvalue weighted by atomic mass is 28.3. The Bertz CT molecular complexity index is 622. The summed E-state index contributed by atoms with van der Waals surface area (Å²) in [6, 6.07) is 3.11. The first-order valence-electron chi connectivity index (χ1n) is 6.63. The lowest BCUT2D eigenvalue weighted by molar-refractivity contribution is 0.0901. The number of aryl methyl sites for hydroxylation is 1. The highest BCUT2D eigenvalue weighted by Crippen LogP contribution is 2.15. The highest BCUT2D eigenvalue weighted by Gasteiger charge is 2.12. The Hall–Kier alpha value is -1.33. The summed E-state index contributed by atoms with van der Waals surface area (Å²) < 4.78 is 7.58. The molecule has 2 heterocycles. The van der Waals surface area contributed by atoms with Gasteiger partial charge in [-0.3, -0.25) is 4.79 Å². The molecule has 19 heavy (non-hydrogen) atoms. The van der Waals surface area contributed by atoms with E-state index in [0.29, 0.717) is 12.2 Å². The van der Waals surface area contributed by atoms with Crippen molar-refractivity contribution >= 4 is 19.0 Å². The lowest BCUT2D eigenvalue weighted by Crippen LogP contribution is -2.22. The van der Waals surface area contributed by atoms with Crippen molar-refractivity contribution in [3.8, 4) is 0 Å². The molecular weight excluding hydrogens is 256 g/mol. The summed E-state index contributed by atoms with van der Waals surface area (Å²) in [6.45, 7) is 10.2. The van der Waals surface area contributed by atoms with E-state index in [1.807, 2.05) is 23.8 Å². The predicted molar refractivity (Wildman–Crippen MR) is 81.4 cm³/mol. The van der Waals surface area contributed by atoms with Gasteiger partial charge in [-0.2, -0.15) is 0 Å². The summed E-state index contributed by atoms with van der Waals surface area (Å²) >= 11 is 0. The molecule has 0 atom stereocenters. The molecule has 0 aliphatic heterocycles. The molecule has 2 aromatic heterocycles. The Labute approximate surface area is 114 Å². The van der Waals surface area contributed by atoms with Crippen LogP contribution in [0.3, 0.4) is 0 Å². The summed E-state index contributed by atoms with van der Waals surface area (Å²) in [5.41, 5.74) is 1.72. The van der Waals surface area contributed by atoms with E-state index in [2.05, 4.69) is 24.6 Å². The van der Waals surface area contributed by atoms with Crippen LogP contribution in [0.2, 0.25) is 25.7 Å². The lowest BCUT2D eigenvalue weighted by atomic mass is 10.2. The van der Waals surface area contributed by atoms with E-state index in [4.69, 9.17) is 4.74 Å². The number of fused-ring (bicyclic) bond motifs is 1. The van der Waals surface area contributed by atoms with Gasteiger partial charge in [0.15, 0.2) is 0 Å². The van der Waals surface area contributed by atoms with Crippen LogP contribution in [0.1, 0.15) is 5.56 Å².